The molecule has 0 saturated carbocycles. The predicted molar refractivity (Wildman–Crippen MR) is 113 cm³/mol. The van der Waals surface area contributed by atoms with Gasteiger partial charge in [0.15, 0.2) is 0 Å². The summed E-state index contributed by atoms with van der Waals surface area (Å²) in [5, 5.41) is 6.20. The van der Waals surface area contributed by atoms with Gasteiger partial charge < -0.3 is 15.5 Å². The summed E-state index contributed by atoms with van der Waals surface area (Å²) in [5.74, 6) is -0.724. The van der Waals surface area contributed by atoms with E-state index in [0.717, 1.165) is 6.42 Å². The van der Waals surface area contributed by atoms with Crippen molar-refractivity contribution in [2.75, 3.05) is 25.0 Å². The molecule has 2 aromatic rings. The second-order valence-corrected chi connectivity index (χ2v) is 7.46. The van der Waals surface area contributed by atoms with Crippen LogP contribution in [0.15, 0.2) is 48.5 Å². The van der Waals surface area contributed by atoms with Crippen LogP contribution in [0, 0.1) is 5.92 Å². The van der Waals surface area contributed by atoms with E-state index in [4.69, 9.17) is 11.6 Å². The van der Waals surface area contributed by atoms with Crippen LogP contribution in [-0.2, 0) is 4.79 Å². The first-order chi connectivity index (χ1) is 14.0. The van der Waals surface area contributed by atoms with Crippen LogP contribution < -0.4 is 10.6 Å². The highest BCUT2D eigenvalue weighted by Crippen LogP contribution is 2.21. The predicted octanol–water partition coefficient (Wildman–Crippen LogP) is 3.58. The first-order valence-electron chi connectivity index (χ1n) is 9.72. The van der Waals surface area contributed by atoms with Crippen LogP contribution in [0.1, 0.15) is 40.5 Å². The van der Waals surface area contributed by atoms with E-state index < -0.39 is 0 Å². The van der Waals surface area contributed by atoms with E-state index >= 15 is 0 Å². The van der Waals surface area contributed by atoms with E-state index in [9.17, 15) is 14.4 Å². The van der Waals surface area contributed by atoms with Crippen molar-refractivity contribution in [2.24, 2.45) is 5.92 Å². The zero-order valence-electron chi connectivity index (χ0n) is 16.3. The van der Waals surface area contributed by atoms with Gasteiger partial charge in [0.2, 0.25) is 5.91 Å². The van der Waals surface area contributed by atoms with Gasteiger partial charge in [0.1, 0.15) is 0 Å². The summed E-state index contributed by atoms with van der Waals surface area (Å²) in [6, 6.07) is 13.6. The van der Waals surface area contributed by atoms with Crippen molar-refractivity contribution in [1.82, 2.24) is 10.2 Å². The Bertz CT molecular complexity index is 898. The molecule has 29 heavy (non-hydrogen) atoms. The Morgan fingerprint density at radius 2 is 1.86 bits per heavy atom. The fourth-order valence-electron chi connectivity index (χ4n) is 3.40. The number of likely N-dealkylation sites (tertiary alicyclic amines) is 1. The van der Waals surface area contributed by atoms with Gasteiger partial charge in [-0.1, -0.05) is 17.7 Å². The Labute approximate surface area is 175 Å². The lowest BCUT2D eigenvalue weighted by Crippen LogP contribution is -2.43. The number of nitrogens with zero attached hydrogens (tertiary/aromatic N) is 1. The molecule has 1 aliphatic heterocycles. The maximum atomic E-state index is 12.8. The topological polar surface area (TPSA) is 78.5 Å². The summed E-state index contributed by atoms with van der Waals surface area (Å²) in [5.41, 5.74) is 1.62. The minimum absolute atomic E-state index is 0.0996. The third-order valence-corrected chi connectivity index (χ3v) is 5.15. The van der Waals surface area contributed by atoms with Gasteiger partial charge in [-0.05, 0) is 62.2 Å². The first-order valence-corrected chi connectivity index (χ1v) is 10.1. The number of carbonyl (C=O) groups excluding carboxylic acids is 3. The molecule has 7 heteroatoms. The highest BCUT2D eigenvalue weighted by molar-refractivity contribution is 6.30. The summed E-state index contributed by atoms with van der Waals surface area (Å²) < 4.78 is 0. The molecule has 0 spiro atoms. The van der Waals surface area contributed by atoms with Crippen LogP contribution in [0.4, 0.5) is 5.69 Å². The molecule has 3 amide bonds. The average molecular weight is 414 g/mol. The molecule has 1 atom stereocenters. The molecule has 0 bridgehead atoms. The molecule has 2 N–H and O–H groups in total. The van der Waals surface area contributed by atoms with Crippen LogP contribution in [0.2, 0.25) is 5.02 Å². The minimum atomic E-state index is -0.298. The van der Waals surface area contributed by atoms with Crippen molar-refractivity contribution in [3.05, 3.63) is 64.7 Å². The van der Waals surface area contributed by atoms with Crippen molar-refractivity contribution in [3.63, 3.8) is 0 Å². The Kier molecular flexibility index (Phi) is 6.88. The van der Waals surface area contributed by atoms with E-state index in [1.54, 1.807) is 53.4 Å². The molecule has 2 aromatic carbocycles. The second kappa shape index (κ2) is 9.56. The number of benzene rings is 2. The van der Waals surface area contributed by atoms with Crippen molar-refractivity contribution in [2.45, 2.75) is 19.8 Å². The number of rotatable bonds is 5. The van der Waals surface area contributed by atoms with Crippen LogP contribution in [-0.4, -0.2) is 42.3 Å². The number of nitrogens with one attached hydrogen (secondary N) is 2. The van der Waals surface area contributed by atoms with Gasteiger partial charge in [0.05, 0.1) is 5.92 Å². The summed E-state index contributed by atoms with van der Waals surface area (Å²) in [4.78, 5) is 39.2. The molecule has 0 radical (unpaired) electrons. The number of amides is 3. The van der Waals surface area contributed by atoms with Crippen molar-refractivity contribution in [1.29, 1.82) is 0 Å². The highest BCUT2D eigenvalue weighted by atomic mass is 35.5. The second-order valence-electron chi connectivity index (χ2n) is 7.03. The molecular weight excluding hydrogens is 390 g/mol. The molecule has 152 valence electrons. The van der Waals surface area contributed by atoms with Gasteiger partial charge in [0, 0.05) is 41.5 Å². The third-order valence-electron chi connectivity index (χ3n) is 4.90. The van der Waals surface area contributed by atoms with Crippen molar-refractivity contribution in [3.8, 4) is 0 Å². The van der Waals surface area contributed by atoms with E-state index in [-0.39, 0.29) is 23.6 Å². The zero-order valence-corrected chi connectivity index (χ0v) is 17.0. The maximum Gasteiger partial charge on any atom is 0.253 e. The van der Waals surface area contributed by atoms with Crippen LogP contribution >= 0.6 is 11.6 Å². The number of hydrogen-bond donors (Lipinski definition) is 2. The fourth-order valence-corrected chi connectivity index (χ4v) is 3.52. The SMILES string of the molecule is CCNC(=O)c1cccc(NC(=O)C2CCCN(C(=O)c3ccc(Cl)cc3)C2)c1. The molecule has 1 unspecified atom stereocenters. The molecule has 1 saturated heterocycles. The number of anilines is 1. The Morgan fingerprint density at radius 3 is 2.59 bits per heavy atom. The van der Waals surface area contributed by atoms with Crippen LogP contribution in [0.5, 0.6) is 0 Å². The smallest absolute Gasteiger partial charge is 0.253 e. The maximum absolute atomic E-state index is 12.8. The summed E-state index contributed by atoms with van der Waals surface area (Å²) in [7, 11) is 0. The Balaban J connectivity index is 1.64. The molecule has 0 aromatic heterocycles. The zero-order chi connectivity index (χ0) is 20.8. The largest absolute Gasteiger partial charge is 0.352 e. The van der Waals surface area contributed by atoms with Crippen molar-refractivity contribution >= 4 is 35.0 Å². The molecule has 1 heterocycles. The van der Waals surface area contributed by atoms with Gasteiger partial charge in [-0.2, -0.15) is 0 Å². The monoisotopic (exact) mass is 413 g/mol. The van der Waals surface area contributed by atoms with Crippen LogP contribution in [0.3, 0.4) is 0 Å². The lowest BCUT2D eigenvalue weighted by molar-refractivity contribution is -0.121. The van der Waals surface area contributed by atoms with E-state index in [0.29, 0.717) is 47.9 Å². The number of carbonyl (C=O) groups is 3. The normalized spacial score (nSPS) is 16.2. The molecule has 1 aliphatic rings. The van der Waals surface area contributed by atoms with E-state index in [2.05, 4.69) is 10.6 Å². The van der Waals surface area contributed by atoms with Crippen molar-refractivity contribution < 1.29 is 14.4 Å². The first kappa shape index (κ1) is 20.9. The van der Waals surface area contributed by atoms with E-state index in [1.165, 1.54) is 0 Å². The molecule has 6 nitrogen and oxygen atoms in total. The average Bonchev–Trinajstić information content (AvgIpc) is 2.74. The summed E-state index contributed by atoms with van der Waals surface area (Å²) in [6.07, 6.45) is 1.47. The number of halogens is 1. The quantitative estimate of drug-likeness (QED) is 0.786. The molecule has 1 fully saturated rings. The van der Waals surface area contributed by atoms with E-state index in [1.807, 2.05) is 6.92 Å². The van der Waals surface area contributed by atoms with Gasteiger partial charge in [-0.25, -0.2) is 0 Å². The Hall–Kier alpha value is -2.86. The molecular formula is C22H24ClN3O3. The standard InChI is InChI=1S/C22H24ClN3O3/c1-2-24-20(27)16-5-3-7-19(13-16)25-21(28)17-6-4-12-26(14-17)22(29)15-8-10-18(23)11-9-15/h3,5,7-11,13,17H,2,4,6,12,14H2,1H3,(H,24,27)(H,25,28). The third kappa shape index (κ3) is 5.35. The summed E-state index contributed by atoms with van der Waals surface area (Å²) >= 11 is 5.89. The lowest BCUT2D eigenvalue weighted by Gasteiger charge is -2.32. The van der Waals surface area contributed by atoms with Gasteiger partial charge in [-0.15, -0.1) is 0 Å². The fraction of sp³-hybridized carbons (Fsp3) is 0.318. The van der Waals surface area contributed by atoms with Gasteiger partial charge in [-0.3, -0.25) is 14.4 Å². The summed E-state index contributed by atoms with van der Waals surface area (Å²) in [6.45, 7) is 3.37. The van der Waals surface area contributed by atoms with Gasteiger partial charge >= 0.3 is 0 Å². The Morgan fingerprint density at radius 1 is 1.10 bits per heavy atom. The molecule has 0 aliphatic carbocycles. The molecule has 3 rings (SSSR count). The number of piperidine rings is 1. The number of hydrogen-bond acceptors (Lipinski definition) is 3. The highest BCUT2D eigenvalue weighted by Gasteiger charge is 2.29. The lowest BCUT2D eigenvalue weighted by atomic mass is 9.96. The van der Waals surface area contributed by atoms with Gasteiger partial charge in [0.25, 0.3) is 11.8 Å². The minimum Gasteiger partial charge on any atom is -0.352 e. The van der Waals surface area contributed by atoms with Crippen LogP contribution in [0.25, 0.3) is 0 Å².